The largest absolute Gasteiger partial charge is 0.465 e. The Balaban J connectivity index is 1.67. The quantitative estimate of drug-likeness (QED) is 0.467. The number of ketones is 1. The zero-order valence-electron chi connectivity index (χ0n) is 14.2. The molecule has 3 aromatic rings. The van der Waals surface area contributed by atoms with E-state index in [1.54, 1.807) is 18.2 Å². The molecule has 0 amide bonds. The van der Waals surface area contributed by atoms with E-state index >= 15 is 0 Å². The van der Waals surface area contributed by atoms with Crippen LogP contribution in [0.25, 0.3) is 0 Å². The summed E-state index contributed by atoms with van der Waals surface area (Å²) < 4.78 is 31.9. The van der Waals surface area contributed by atoms with E-state index in [9.17, 15) is 18.0 Å². The highest BCUT2D eigenvalue weighted by atomic mass is 32.2. The number of carbonyl (C=O) groups is 2. The van der Waals surface area contributed by atoms with E-state index < -0.39 is 16.0 Å². The summed E-state index contributed by atoms with van der Waals surface area (Å²) in [6.07, 6.45) is 0. The lowest BCUT2D eigenvalue weighted by Gasteiger charge is -2.06. The Labute approximate surface area is 164 Å². The van der Waals surface area contributed by atoms with Gasteiger partial charge in [0.25, 0.3) is 0 Å². The number of rotatable bonds is 7. The molecule has 1 aromatic carbocycles. The van der Waals surface area contributed by atoms with Gasteiger partial charge < -0.3 is 4.74 Å². The number of carbonyl (C=O) groups excluding carboxylic acids is 2. The molecular weight excluding hydrogens is 406 g/mol. The van der Waals surface area contributed by atoms with Crippen LogP contribution in [0.15, 0.2) is 58.8 Å². The Bertz CT molecular complexity index is 1050. The molecule has 9 heteroatoms. The molecule has 0 fully saturated rings. The van der Waals surface area contributed by atoms with Crippen molar-refractivity contribution in [2.24, 2.45) is 0 Å². The van der Waals surface area contributed by atoms with Gasteiger partial charge in [-0.25, -0.2) is 17.9 Å². The number of thiophene rings is 2. The Hall–Kier alpha value is -2.33. The molecule has 0 aliphatic heterocycles. The molecule has 6 nitrogen and oxygen atoms in total. The van der Waals surface area contributed by atoms with Crippen LogP contribution in [0.4, 0.5) is 0 Å². The average molecular weight is 422 g/mol. The van der Waals surface area contributed by atoms with Crippen molar-refractivity contribution in [3.8, 4) is 0 Å². The molecule has 140 valence electrons. The van der Waals surface area contributed by atoms with Crippen molar-refractivity contribution >= 4 is 44.4 Å². The van der Waals surface area contributed by atoms with E-state index in [0.29, 0.717) is 9.75 Å². The number of nitrogens with one attached hydrogen (secondary N) is 1. The third-order valence-corrected chi connectivity index (χ3v) is 7.02. The lowest BCUT2D eigenvalue weighted by atomic mass is 10.2. The fourth-order valence-corrected chi connectivity index (χ4v) is 5.00. The van der Waals surface area contributed by atoms with Gasteiger partial charge in [0.05, 0.1) is 27.3 Å². The van der Waals surface area contributed by atoms with E-state index in [0.717, 1.165) is 4.88 Å². The lowest BCUT2D eigenvalue weighted by Crippen LogP contribution is -2.22. The second-order valence-electron chi connectivity index (χ2n) is 5.41. The molecule has 0 aliphatic carbocycles. The van der Waals surface area contributed by atoms with Gasteiger partial charge in [-0.3, -0.25) is 4.79 Å². The van der Waals surface area contributed by atoms with Gasteiger partial charge in [-0.1, -0.05) is 6.07 Å². The molecule has 0 spiro atoms. The Morgan fingerprint density at radius 2 is 1.78 bits per heavy atom. The molecule has 0 bridgehead atoms. The van der Waals surface area contributed by atoms with Crippen LogP contribution in [-0.4, -0.2) is 27.3 Å². The van der Waals surface area contributed by atoms with Crippen LogP contribution in [0, 0.1) is 0 Å². The summed E-state index contributed by atoms with van der Waals surface area (Å²) in [5.74, 6) is -0.601. The average Bonchev–Trinajstić information content (AvgIpc) is 3.37. The predicted octanol–water partition coefficient (Wildman–Crippen LogP) is 3.31. The molecule has 3 rings (SSSR count). The maximum Gasteiger partial charge on any atom is 0.337 e. The van der Waals surface area contributed by atoms with Crippen molar-refractivity contribution in [1.29, 1.82) is 0 Å². The summed E-state index contributed by atoms with van der Waals surface area (Å²) in [4.78, 5) is 25.7. The summed E-state index contributed by atoms with van der Waals surface area (Å²) in [6.45, 7) is 0.0729. The standard InChI is InChI=1S/C18H15NO5S3/c1-24-18(21)12-4-7-14(8-5-12)27(22,23)19-11-13-6-9-16(26-13)17(20)15-3-2-10-25-15/h2-10,19H,11H2,1H3. The Kier molecular flexibility index (Phi) is 5.85. The Morgan fingerprint density at radius 1 is 1.04 bits per heavy atom. The van der Waals surface area contributed by atoms with E-state index in [4.69, 9.17) is 0 Å². The SMILES string of the molecule is COC(=O)c1ccc(S(=O)(=O)NCc2ccc(C(=O)c3cccs3)s2)cc1. The van der Waals surface area contributed by atoms with Crippen LogP contribution in [0.1, 0.15) is 29.8 Å². The highest BCUT2D eigenvalue weighted by Crippen LogP contribution is 2.23. The van der Waals surface area contributed by atoms with Crippen LogP contribution in [0.3, 0.4) is 0 Å². The van der Waals surface area contributed by atoms with E-state index in [2.05, 4.69) is 9.46 Å². The first kappa shape index (κ1) is 19.4. The van der Waals surface area contributed by atoms with Crippen LogP contribution in [-0.2, 0) is 21.3 Å². The fourth-order valence-electron chi connectivity index (χ4n) is 2.26. The van der Waals surface area contributed by atoms with Gasteiger partial charge in [-0.2, -0.15) is 0 Å². The number of methoxy groups -OCH3 is 1. The van der Waals surface area contributed by atoms with Gasteiger partial charge in [0, 0.05) is 11.4 Å². The van der Waals surface area contributed by atoms with Crippen molar-refractivity contribution < 1.29 is 22.7 Å². The zero-order valence-corrected chi connectivity index (χ0v) is 16.6. The maximum absolute atomic E-state index is 12.4. The third-order valence-electron chi connectivity index (χ3n) is 3.65. The third kappa shape index (κ3) is 4.51. The normalized spacial score (nSPS) is 11.3. The second-order valence-corrected chi connectivity index (χ2v) is 9.30. The van der Waals surface area contributed by atoms with E-state index in [1.165, 1.54) is 54.0 Å². The van der Waals surface area contributed by atoms with Crippen LogP contribution >= 0.6 is 22.7 Å². The molecule has 0 atom stereocenters. The zero-order chi connectivity index (χ0) is 19.4. The van der Waals surface area contributed by atoms with Gasteiger partial charge in [-0.15, -0.1) is 22.7 Å². The van der Waals surface area contributed by atoms with Crippen molar-refractivity contribution in [3.63, 3.8) is 0 Å². The number of benzene rings is 1. The molecule has 0 unspecified atom stereocenters. The monoisotopic (exact) mass is 421 g/mol. The summed E-state index contributed by atoms with van der Waals surface area (Å²) in [6, 6.07) is 12.5. The predicted molar refractivity (Wildman–Crippen MR) is 104 cm³/mol. The molecule has 27 heavy (non-hydrogen) atoms. The minimum absolute atomic E-state index is 0.0431. The van der Waals surface area contributed by atoms with Crippen molar-refractivity contribution in [2.75, 3.05) is 7.11 Å². The number of esters is 1. The molecule has 2 heterocycles. The summed E-state index contributed by atoms with van der Waals surface area (Å²) >= 11 is 2.62. The van der Waals surface area contributed by atoms with Gasteiger partial charge in [-0.05, 0) is 47.8 Å². The smallest absolute Gasteiger partial charge is 0.337 e. The number of sulfonamides is 1. The van der Waals surface area contributed by atoms with E-state index in [1.807, 2.05) is 11.4 Å². The highest BCUT2D eigenvalue weighted by Gasteiger charge is 2.17. The van der Waals surface area contributed by atoms with Gasteiger partial charge >= 0.3 is 5.97 Å². The van der Waals surface area contributed by atoms with Crippen LogP contribution in [0.5, 0.6) is 0 Å². The van der Waals surface area contributed by atoms with Gasteiger partial charge in [0.2, 0.25) is 15.8 Å². The maximum atomic E-state index is 12.4. The fraction of sp³-hybridized carbons (Fsp3) is 0.111. The summed E-state index contributed by atoms with van der Waals surface area (Å²) in [7, 11) is -2.48. The lowest BCUT2D eigenvalue weighted by molar-refractivity contribution is 0.0600. The first-order chi connectivity index (χ1) is 12.9. The minimum Gasteiger partial charge on any atom is -0.465 e. The number of ether oxygens (including phenoxy) is 1. The topological polar surface area (TPSA) is 89.5 Å². The minimum atomic E-state index is -3.74. The Morgan fingerprint density at radius 3 is 2.41 bits per heavy atom. The molecule has 0 saturated carbocycles. The van der Waals surface area contributed by atoms with E-state index in [-0.39, 0.29) is 22.8 Å². The molecule has 1 N–H and O–H groups in total. The van der Waals surface area contributed by atoms with Crippen molar-refractivity contribution in [3.05, 3.63) is 74.1 Å². The number of hydrogen-bond donors (Lipinski definition) is 1. The molecule has 0 aliphatic rings. The van der Waals surface area contributed by atoms with Crippen molar-refractivity contribution in [1.82, 2.24) is 4.72 Å². The van der Waals surface area contributed by atoms with Crippen LogP contribution < -0.4 is 4.72 Å². The van der Waals surface area contributed by atoms with Crippen molar-refractivity contribution in [2.45, 2.75) is 11.4 Å². The highest BCUT2D eigenvalue weighted by molar-refractivity contribution is 7.89. The molecule has 0 radical (unpaired) electrons. The first-order valence-corrected chi connectivity index (χ1v) is 10.9. The molecular formula is C18H15NO5S3. The summed E-state index contributed by atoms with van der Waals surface area (Å²) in [5.41, 5.74) is 0.270. The first-order valence-electron chi connectivity index (χ1n) is 7.75. The molecule has 0 saturated heterocycles. The number of hydrogen-bond acceptors (Lipinski definition) is 7. The second kappa shape index (κ2) is 8.13. The summed E-state index contributed by atoms with van der Waals surface area (Å²) in [5, 5.41) is 1.83. The van der Waals surface area contributed by atoms with Gasteiger partial charge in [0.15, 0.2) is 0 Å². The van der Waals surface area contributed by atoms with Crippen LogP contribution in [0.2, 0.25) is 0 Å². The molecule has 2 aromatic heterocycles. The van der Waals surface area contributed by atoms with Gasteiger partial charge in [0.1, 0.15) is 0 Å².